The maximum atomic E-state index is 14.0. The minimum Gasteiger partial charge on any atom is -0.508 e. The molecule has 210 valence electrons. The number of benzene rings is 2. The van der Waals surface area contributed by atoms with Crippen LogP contribution in [0.2, 0.25) is 0 Å². The second-order valence-corrected chi connectivity index (χ2v) is 11.1. The molecule has 10 nitrogen and oxygen atoms in total. The number of aliphatic hydroxyl groups is 3. The normalized spacial score (nSPS) is 25.9. The van der Waals surface area contributed by atoms with E-state index < -0.39 is 58.0 Å². The molecular formula is C30H33N3O7. The second-order valence-electron chi connectivity index (χ2n) is 11.1. The fraction of sp³-hybridized carbons (Fsp3) is 0.367. The molecule has 2 unspecified atom stereocenters. The van der Waals surface area contributed by atoms with Crippen LogP contribution in [0, 0.1) is 11.8 Å². The first-order valence-electron chi connectivity index (χ1n) is 13.0. The van der Waals surface area contributed by atoms with Gasteiger partial charge in [-0.15, -0.1) is 0 Å². The Kier molecular flexibility index (Phi) is 6.51. The van der Waals surface area contributed by atoms with E-state index in [2.05, 4.69) is 5.32 Å². The number of nitrogens with zero attached hydrogens (tertiary/aromatic N) is 2. The lowest BCUT2D eigenvalue weighted by molar-refractivity contribution is -0.153. The molecule has 3 aliphatic rings. The number of carbonyl (C=O) groups is 3. The van der Waals surface area contributed by atoms with Gasteiger partial charge in [-0.3, -0.25) is 19.3 Å². The number of fused-ring (bicyclic) bond motifs is 3. The number of aliphatic hydroxyl groups excluding tert-OH is 2. The van der Waals surface area contributed by atoms with Crippen molar-refractivity contribution in [3.8, 4) is 16.9 Å². The van der Waals surface area contributed by atoms with Crippen molar-refractivity contribution in [2.24, 2.45) is 11.8 Å². The molecule has 5 rings (SSSR count). The zero-order valence-corrected chi connectivity index (χ0v) is 23.0. The highest BCUT2D eigenvalue weighted by molar-refractivity contribution is 6.25. The SMILES string of the molecule is CNC(=O)C1=C(O)[C@@]2(O)C(=O)C3=C(O)c4c(O)ccc(-c5ccc(N(C)C)cc5)c4CC3CC2[C@H](N(C)C)C1=O. The maximum Gasteiger partial charge on any atom is 0.258 e. The van der Waals surface area contributed by atoms with Gasteiger partial charge in [0, 0.05) is 38.3 Å². The third-order valence-corrected chi connectivity index (χ3v) is 8.51. The van der Waals surface area contributed by atoms with Crippen molar-refractivity contribution in [1.29, 1.82) is 0 Å². The molecule has 0 saturated heterocycles. The monoisotopic (exact) mass is 547 g/mol. The van der Waals surface area contributed by atoms with Gasteiger partial charge in [-0.25, -0.2) is 0 Å². The summed E-state index contributed by atoms with van der Waals surface area (Å²) < 4.78 is 0. The minimum atomic E-state index is -2.61. The standard InChI is InChI=1S/C30H33N3O7/c1-31-29(39)23-26(36)24(33(4)5)19-13-15-12-18-17(14-6-8-16(9-7-14)32(2)3)10-11-20(34)22(18)25(35)21(15)27(37)30(19,40)28(23)38/h6-11,15,19,24,34-35,38,40H,12-13H2,1-5H3,(H,31,39)/t15?,19?,24-,30-/m0/s1. The molecule has 1 saturated carbocycles. The smallest absolute Gasteiger partial charge is 0.258 e. The second kappa shape index (κ2) is 9.50. The Balaban J connectivity index is 1.70. The number of aromatic hydroxyl groups is 1. The van der Waals surface area contributed by atoms with Crippen LogP contribution < -0.4 is 10.2 Å². The zero-order chi connectivity index (χ0) is 29.3. The summed E-state index contributed by atoms with van der Waals surface area (Å²) >= 11 is 0. The van der Waals surface area contributed by atoms with Crippen molar-refractivity contribution >= 4 is 28.9 Å². The van der Waals surface area contributed by atoms with Crippen molar-refractivity contribution in [3.63, 3.8) is 0 Å². The predicted octanol–water partition coefficient (Wildman–Crippen LogP) is 1.96. The first kappa shape index (κ1) is 27.4. The van der Waals surface area contributed by atoms with E-state index in [0.29, 0.717) is 5.56 Å². The summed E-state index contributed by atoms with van der Waals surface area (Å²) in [6.45, 7) is 0. The van der Waals surface area contributed by atoms with E-state index in [1.807, 2.05) is 43.3 Å². The number of carbonyl (C=O) groups excluding carboxylic acids is 3. The molecule has 0 radical (unpaired) electrons. The summed E-state index contributed by atoms with van der Waals surface area (Å²) in [5.41, 5.74) is -0.0997. The van der Waals surface area contributed by atoms with Crippen LogP contribution in [0.4, 0.5) is 5.69 Å². The quantitative estimate of drug-likeness (QED) is 0.362. The summed E-state index contributed by atoms with van der Waals surface area (Å²) in [6.07, 6.45) is 0.308. The molecule has 0 spiro atoms. The Bertz CT molecular complexity index is 1510. The lowest BCUT2D eigenvalue weighted by Gasteiger charge is -2.50. The van der Waals surface area contributed by atoms with Crippen molar-refractivity contribution in [2.75, 3.05) is 40.1 Å². The van der Waals surface area contributed by atoms with E-state index in [1.54, 1.807) is 20.2 Å². The van der Waals surface area contributed by atoms with Crippen molar-refractivity contribution < 1.29 is 34.8 Å². The van der Waals surface area contributed by atoms with Gasteiger partial charge in [0.05, 0.1) is 11.6 Å². The van der Waals surface area contributed by atoms with Gasteiger partial charge in [0.25, 0.3) is 5.91 Å². The molecule has 1 amide bonds. The largest absolute Gasteiger partial charge is 0.508 e. The number of hydrogen-bond donors (Lipinski definition) is 5. The Morgan fingerprint density at radius 2 is 1.65 bits per heavy atom. The molecule has 0 aliphatic heterocycles. The van der Waals surface area contributed by atoms with Crippen molar-refractivity contribution in [3.05, 3.63) is 64.4 Å². The number of anilines is 1. The number of amides is 1. The average Bonchev–Trinajstić information content (AvgIpc) is 2.90. The number of phenols is 1. The molecule has 2 aromatic carbocycles. The lowest BCUT2D eigenvalue weighted by Crippen LogP contribution is -2.65. The van der Waals surface area contributed by atoms with Gasteiger partial charge in [0.2, 0.25) is 5.78 Å². The highest BCUT2D eigenvalue weighted by Gasteiger charge is 2.64. The van der Waals surface area contributed by atoms with Gasteiger partial charge in [-0.2, -0.15) is 0 Å². The molecule has 4 atom stereocenters. The number of ketones is 2. The first-order valence-corrected chi connectivity index (χ1v) is 13.0. The summed E-state index contributed by atoms with van der Waals surface area (Å²) in [4.78, 5) is 43.5. The molecule has 0 bridgehead atoms. The van der Waals surface area contributed by atoms with Crippen LogP contribution in [0.25, 0.3) is 16.9 Å². The van der Waals surface area contributed by atoms with Crippen LogP contribution >= 0.6 is 0 Å². The number of rotatable bonds is 4. The molecule has 3 aliphatic carbocycles. The van der Waals surface area contributed by atoms with E-state index in [4.69, 9.17) is 0 Å². The van der Waals surface area contributed by atoms with Gasteiger partial charge in [-0.1, -0.05) is 18.2 Å². The number of hydrogen-bond acceptors (Lipinski definition) is 9. The highest BCUT2D eigenvalue weighted by atomic mass is 16.3. The number of phenolic OH excluding ortho intramolecular Hbond substituents is 1. The highest BCUT2D eigenvalue weighted by Crippen LogP contribution is 2.53. The summed E-state index contributed by atoms with van der Waals surface area (Å²) in [5, 5.41) is 47.5. The topological polar surface area (TPSA) is 151 Å². The first-order chi connectivity index (χ1) is 18.8. The molecule has 2 aromatic rings. The van der Waals surface area contributed by atoms with E-state index in [0.717, 1.165) is 16.8 Å². The van der Waals surface area contributed by atoms with Gasteiger partial charge < -0.3 is 30.6 Å². The fourth-order valence-corrected chi connectivity index (χ4v) is 6.56. The van der Waals surface area contributed by atoms with E-state index in [1.165, 1.54) is 18.0 Å². The van der Waals surface area contributed by atoms with Crippen LogP contribution in [-0.4, -0.2) is 89.7 Å². The average molecular weight is 548 g/mol. The molecule has 0 aromatic heterocycles. The van der Waals surface area contributed by atoms with Gasteiger partial charge in [0.15, 0.2) is 11.4 Å². The molecule has 5 N–H and O–H groups in total. The van der Waals surface area contributed by atoms with Crippen LogP contribution in [0.15, 0.2) is 53.3 Å². The molecule has 10 heteroatoms. The third-order valence-electron chi connectivity index (χ3n) is 8.51. The van der Waals surface area contributed by atoms with Gasteiger partial charge >= 0.3 is 0 Å². The van der Waals surface area contributed by atoms with Crippen LogP contribution in [0.1, 0.15) is 17.5 Å². The lowest BCUT2D eigenvalue weighted by atomic mass is 9.57. The number of nitrogens with one attached hydrogen (secondary N) is 1. The van der Waals surface area contributed by atoms with E-state index in [9.17, 15) is 34.8 Å². The maximum absolute atomic E-state index is 14.0. The molecule has 0 heterocycles. The van der Waals surface area contributed by atoms with Crippen LogP contribution in [-0.2, 0) is 20.8 Å². The molecule has 40 heavy (non-hydrogen) atoms. The predicted molar refractivity (Wildman–Crippen MR) is 149 cm³/mol. The van der Waals surface area contributed by atoms with Crippen LogP contribution in [0.5, 0.6) is 5.75 Å². The van der Waals surface area contributed by atoms with Crippen molar-refractivity contribution in [2.45, 2.75) is 24.5 Å². The number of Topliss-reactive ketones (excluding diaryl/α,β-unsaturated/α-hetero) is 2. The van der Waals surface area contributed by atoms with Crippen LogP contribution in [0.3, 0.4) is 0 Å². The molecule has 1 fully saturated rings. The minimum absolute atomic E-state index is 0.0649. The summed E-state index contributed by atoms with van der Waals surface area (Å²) in [7, 11) is 8.35. The third kappa shape index (κ3) is 3.74. The Labute approximate surface area is 231 Å². The Morgan fingerprint density at radius 1 is 1.00 bits per heavy atom. The van der Waals surface area contributed by atoms with E-state index in [-0.39, 0.29) is 29.7 Å². The van der Waals surface area contributed by atoms with E-state index >= 15 is 0 Å². The summed E-state index contributed by atoms with van der Waals surface area (Å²) in [6, 6.07) is 9.91. The Morgan fingerprint density at radius 3 is 2.23 bits per heavy atom. The fourth-order valence-electron chi connectivity index (χ4n) is 6.56. The number of likely N-dealkylation sites (N-methyl/N-ethyl adjacent to an activating group) is 2. The Hall–Kier alpha value is -4.15. The van der Waals surface area contributed by atoms with Gasteiger partial charge in [0.1, 0.15) is 22.8 Å². The van der Waals surface area contributed by atoms with Crippen molar-refractivity contribution in [1.82, 2.24) is 10.2 Å². The summed E-state index contributed by atoms with van der Waals surface area (Å²) in [5.74, 6) is -6.05. The van der Waals surface area contributed by atoms with Gasteiger partial charge in [-0.05, 0) is 67.7 Å². The zero-order valence-electron chi connectivity index (χ0n) is 23.0. The molecular weight excluding hydrogens is 514 g/mol.